The highest BCUT2D eigenvalue weighted by molar-refractivity contribution is 9.10. The molecule has 0 bridgehead atoms. The zero-order chi connectivity index (χ0) is 13.1. The zero-order valence-electron chi connectivity index (χ0n) is 9.98. The highest BCUT2D eigenvalue weighted by Crippen LogP contribution is 2.25. The van der Waals surface area contributed by atoms with Gasteiger partial charge in [0, 0.05) is 17.2 Å². The van der Waals surface area contributed by atoms with Crippen LogP contribution in [0.2, 0.25) is 0 Å². The minimum atomic E-state index is -0.869. The van der Waals surface area contributed by atoms with E-state index in [0.29, 0.717) is 15.7 Å². The lowest BCUT2D eigenvalue weighted by molar-refractivity contribution is 0.207. The zero-order valence-corrected chi connectivity index (χ0v) is 11.6. The minimum Gasteiger partial charge on any atom is -0.382 e. The minimum absolute atomic E-state index is 0.375. The third-order valence-corrected chi connectivity index (χ3v) is 3.12. The Morgan fingerprint density at radius 1 is 1.44 bits per heavy atom. The van der Waals surface area contributed by atoms with E-state index < -0.39 is 6.10 Å². The lowest BCUT2D eigenvalue weighted by Gasteiger charge is -2.14. The van der Waals surface area contributed by atoms with E-state index in [1.165, 1.54) is 12.1 Å². The first-order valence-corrected chi connectivity index (χ1v) is 6.57. The van der Waals surface area contributed by atoms with E-state index in [1.807, 2.05) is 6.92 Å². The quantitative estimate of drug-likeness (QED) is 0.941. The van der Waals surface area contributed by atoms with Crippen molar-refractivity contribution in [2.45, 2.75) is 26.0 Å². The lowest BCUT2D eigenvalue weighted by Crippen LogP contribution is -2.10. The number of nitrogens with zero attached hydrogens (tertiary/aromatic N) is 2. The summed E-state index contributed by atoms with van der Waals surface area (Å²) in [6.45, 7) is 2.77. The summed E-state index contributed by atoms with van der Waals surface area (Å²) >= 11 is 3.22. The molecule has 0 saturated carbocycles. The highest BCUT2D eigenvalue weighted by Gasteiger charge is 2.16. The Labute approximate surface area is 113 Å². The number of hydrogen-bond donors (Lipinski definition) is 1. The van der Waals surface area contributed by atoms with Crippen molar-refractivity contribution in [2.75, 3.05) is 0 Å². The Balaban J connectivity index is 2.34. The van der Waals surface area contributed by atoms with Crippen molar-refractivity contribution < 1.29 is 9.50 Å². The summed E-state index contributed by atoms with van der Waals surface area (Å²) < 4.78 is 15.7. The Morgan fingerprint density at radius 3 is 2.89 bits per heavy atom. The smallest absolute Gasteiger partial charge is 0.124 e. The van der Waals surface area contributed by atoms with Crippen LogP contribution < -0.4 is 0 Å². The molecular formula is C13H14BrFN2O. The van der Waals surface area contributed by atoms with E-state index in [-0.39, 0.29) is 5.82 Å². The molecule has 5 heteroatoms. The molecular weight excluding hydrogens is 299 g/mol. The van der Waals surface area contributed by atoms with Gasteiger partial charge in [-0.15, -0.1) is 0 Å². The van der Waals surface area contributed by atoms with Gasteiger partial charge in [0.05, 0.1) is 5.69 Å². The third kappa shape index (κ3) is 2.79. The second kappa shape index (κ2) is 5.63. The third-order valence-electron chi connectivity index (χ3n) is 2.67. The number of benzene rings is 1. The Morgan fingerprint density at radius 2 is 2.22 bits per heavy atom. The van der Waals surface area contributed by atoms with Gasteiger partial charge in [-0.1, -0.05) is 22.9 Å². The van der Waals surface area contributed by atoms with Crippen LogP contribution >= 0.6 is 15.9 Å². The summed E-state index contributed by atoms with van der Waals surface area (Å²) in [6.07, 6.45) is 1.70. The fourth-order valence-corrected chi connectivity index (χ4v) is 2.36. The van der Waals surface area contributed by atoms with Crippen LogP contribution in [-0.4, -0.2) is 14.9 Å². The van der Waals surface area contributed by atoms with E-state index in [2.05, 4.69) is 21.0 Å². The lowest BCUT2D eigenvalue weighted by atomic mass is 10.1. The van der Waals surface area contributed by atoms with Crippen LogP contribution in [0.25, 0.3) is 0 Å². The summed E-state index contributed by atoms with van der Waals surface area (Å²) in [4.78, 5) is 0. The molecule has 1 unspecified atom stereocenters. The molecule has 2 aromatic rings. The largest absolute Gasteiger partial charge is 0.382 e. The molecule has 0 aliphatic rings. The number of aryl methyl sites for hydroxylation is 1. The topological polar surface area (TPSA) is 38.0 Å². The van der Waals surface area contributed by atoms with Gasteiger partial charge in [0.2, 0.25) is 0 Å². The highest BCUT2D eigenvalue weighted by atomic mass is 79.9. The van der Waals surface area contributed by atoms with Gasteiger partial charge < -0.3 is 5.11 Å². The Kier molecular flexibility index (Phi) is 4.14. The molecule has 0 aliphatic carbocycles. The normalized spacial score (nSPS) is 12.7. The van der Waals surface area contributed by atoms with Crippen LogP contribution in [0.3, 0.4) is 0 Å². The summed E-state index contributed by atoms with van der Waals surface area (Å²) in [7, 11) is 0. The van der Waals surface area contributed by atoms with Gasteiger partial charge in [0.25, 0.3) is 0 Å². The average Bonchev–Trinajstić information content (AvgIpc) is 2.75. The van der Waals surface area contributed by atoms with Crippen molar-refractivity contribution in [2.24, 2.45) is 0 Å². The number of aliphatic hydroxyl groups is 1. The van der Waals surface area contributed by atoms with E-state index in [1.54, 1.807) is 23.0 Å². The van der Waals surface area contributed by atoms with E-state index >= 15 is 0 Å². The maximum atomic E-state index is 13.3. The molecule has 96 valence electrons. The van der Waals surface area contributed by atoms with Gasteiger partial charge in [0.15, 0.2) is 0 Å². The van der Waals surface area contributed by atoms with Crippen LogP contribution in [0.15, 0.2) is 34.9 Å². The van der Waals surface area contributed by atoms with Gasteiger partial charge in [-0.3, -0.25) is 4.68 Å². The monoisotopic (exact) mass is 312 g/mol. The molecule has 18 heavy (non-hydrogen) atoms. The second-order valence-corrected chi connectivity index (χ2v) is 5.00. The molecule has 1 aromatic carbocycles. The molecule has 0 aliphatic heterocycles. The van der Waals surface area contributed by atoms with Crippen molar-refractivity contribution in [1.82, 2.24) is 9.78 Å². The first-order valence-electron chi connectivity index (χ1n) is 5.77. The van der Waals surface area contributed by atoms with Gasteiger partial charge >= 0.3 is 0 Å². The maximum Gasteiger partial charge on any atom is 0.124 e. The standard InChI is InChI=1S/C13H14BrFN2O/c1-2-5-17-12(3-4-16-17)13(18)9-6-10(14)8-11(15)7-9/h3-4,6-8,13,18H,2,5H2,1H3. The first-order chi connectivity index (χ1) is 8.61. The summed E-state index contributed by atoms with van der Waals surface area (Å²) in [5.41, 5.74) is 1.19. The van der Waals surface area contributed by atoms with Crippen LogP contribution in [0.4, 0.5) is 4.39 Å². The molecule has 1 atom stereocenters. The summed E-state index contributed by atoms with van der Waals surface area (Å²) in [6, 6.07) is 6.15. The second-order valence-electron chi connectivity index (χ2n) is 4.08. The fourth-order valence-electron chi connectivity index (χ4n) is 1.88. The molecule has 0 fully saturated rings. The van der Waals surface area contributed by atoms with Crippen molar-refractivity contribution in [3.05, 3.63) is 52.0 Å². The molecule has 0 saturated heterocycles. The molecule has 0 spiro atoms. The predicted molar refractivity (Wildman–Crippen MR) is 70.7 cm³/mol. The SMILES string of the molecule is CCCn1nccc1C(O)c1cc(F)cc(Br)c1. The van der Waals surface area contributed by atoms with Gasteiger partial charge in [-0.2, -0.15) is 5.10 Å². The van der Waals surface area contributed by atoms with Crippen molar-refractivity contribution >= 4 is 15.9 Å². The Hall–Kier alpha value is -1.20. The van der Waals surface area contributed by atoms with Crippen LogP contribution in [0, 0.1) is 5.82 Å². The van der Waals surface area contributed by atoms with Crippen molar-refractivity contribution in [3.8, 4) is 0 Å². The number of aliphatic hydroxyl groups excluding tert-OH is 1. The average molecular weight is 313 g/mol. The van der Waals surface area contributed by atoms with Crippen LogP contribution in [-0.2, 0) is 6.54 Å². The van der Waals surface area contributed by atoms with Gasteiger partial charge in [-0.05, 0) is 36.2 Å². The number of hydrogen-bond acceptors (Lipinski definition) is 2. The van der Waals surface area contributed by atoms with Crippen LogP contribution in [0.1, 0.15) is 30.7 Å². The number of aromatic nitrogens is 2. The molecule has 1 N–H and O–H groups in total. The number of halogens is 2. The number of rotatable bonds is 4. The van der Waals surface area contributed by atoms with E-state index in [0.717, 1.165) is 13.0 Å². The molecule has 1 heterocycles. The maximum absolute atomic E-state index is 13.3. The fraction of sp³-hybridized carbons (Fsp3) is 0.308. The molecule has 1 aromatic heterocycles. The summed E-state index contributed by atoms with van der Waals surface area (Å²) in [5, 5.41) is 14.4. The first kappa shape index (κ1) is 13.2. The molecule has 2 rings (SSSR count). The summed E-state index contributed by atoms with van der Waals surface area (Å²) in [5.74, 6) is -0.375. The molecule has 0 radical (unpaired) electrons. The van der Waals surface area contributed by atoms with E-state index in [4.69, 9.17) is 0 Å². The Bertz CT molecular complexity index is 521. The van der Waals surface area contributed by atoms with Crippen LogP contribution in [0.5, 0.6) is 0 Å². The van der Waals surface area contributed by atoms with Crippen molar-refractivity contribution in [1.29, 1.82) is 0 Å². The molecule has 3 nitrogen and oxygen atoms in total. The molecule has 0 amide bonds. The predicted octanol–water partition coefficient (Wildman–Crippen LogP) is 3.28. The van der Waals surface area contributed by atoms with E-state index in [9.17, 15) is 9.50 Å². The van der Waals surface area contributed by atoms with Crippen molar-refractivity contribution in [3.63, 3.8) is 0 Å². The van der Waals surface area contributed by atoms with Gasteiger partial charge in [-0.25, -0.2) is 4.39 Å². The van der Waals surface area contributed by atoms with Gasteiger partial charge in [0.1, 0.15) is 11.9 Å².